The van der Waals surface area contributed by atoms with Crippen LogP contribution < -0.4 is 0 Å². The average Bonchev–Trinajstić information content (AvgIpc) is 2.94. The first-order chi connectivity index (χ1) is 12.1. The summed E-state index contributed by atoms with van der Waals surface area (Å²) in [5.41, 5.74) is -1.94. The number of carbonyl (C=O) groups is 1. The summed E-state index contributed by atoms with van der Waals surface area (Å²) in [6.45, 7) is 0.565. The number of hydrogen-bond donors (Lipinski definition) is 1. The summed E-state index contributed by atoms with van der Waals surface area (Å²) in [6, 6.07) is 12.5. The lowest BCUT2D eigenvalue weighted by molar-refractivity contribution is -0.222. The lowest BCUT2D eigenvalue weighted by atomic mass is 9.96. The van der Waals surface area contributed by atoms with Crippen LogP contribution in [0.25, 0.3) is 0 Å². The Morgan fingerprint density at radius 1 is 1.23 bits per heavy atom. The zero-order valence-electron chi connectivity index (χ0n) is 13.6. The van der Waals surface area contributed by atoms with Gasteiger partial charge in [-0.15, -0.1) is 0 Å². The summed E-state index contributed by atoms with van der Waals surface area (Å²) in [7, 11) is 0. The standard InChI is InChI=1S/C18H14BrClF2N2O2/c1-17(21,22)18(26)10-15(11-4-8-14(20)9-5-11)23-24(18)16(25)12-2-6-13(19)7-3-12/h2-9,26H,10H2,1H3/t18-/m1/s1. The minimum atomic E-state index is -3.59. The quantitative estimate of drug-likeness (QED) is 0.748. The van der Waals surface area contributed by atoms with Gasteiger partial charge < -0.3 is 5.11 Å². The maximum absolute atomic E-state index is 14.2. The molecular weight excluding hydrogens is 430 g/mol. The molecule has 1 heterocycles. The summed E-state index contributed by atoms with van der Waals surface area (Å²) in [5.74, 6) is -4.40. The fourth-order valence-corrected chi connectivity index (χ4v) is 3.01. The Bertz CT molecular complexity index is 866. The van der Waals surface area contributed by atoms with E-state index in [0.717, 1.165) is 4.47 Å². The molecule has 1 aliphatic heterocycles. The number of aliphatic hydroxyl groups is 1. The molecule has 0 aliphatic carbocycles. The van der Waals surface area contributed by atoms with Gasteiger partial charge in [-0.05, 0) is 42.0 Å². The average molecular weight is 444 g/mol. The van der Waals surface area contributed by atoms with Gasteiger partial charge in [0.15, 0.2) is 0 Å². The molecule has 0 spiro atoms. The van der Waals surface area contributed by atoms with Gasteiger partial charge in [0, 0.05) is 28.4 Å². The van der Waals surface area contributed by atoms with E-state index in [9.17, 15) is 18.7 Å². The van der Waals surface area contributed by atoms with E-state index in [0.29, 0.717) is 22.5 Å². The predicted octanol–water partition coefficient (Wildman–Crippen LogP) is 4.70. The molecule has 1 amide bonds. The highest BCUT2D eigenvalue weighted by molar-refractivity contribution is 9.10. The molecule has 26 heavy (non-hydrogen) atoms. The van der Waals surface area contributed by atoms with Crippen LogP contribution in [-0.2, 0) is 0 Å². The van der Waals surface area contributed by atoms with Gasteiger partial charge in [0.1, 0.15) is 0 Å². The molecule has 1 atom stereocenters. The lowest BCUT2D eigenvalue weighted by Crippen LogP contribution is -2.57. The van der Waals surface area contributed by atoms with Crippen molar-refractivity contribution in [2.24, 2.45) is 5.10 Å². The zero-order valence-corrected chi connectivity index (χ0v) is 15.9. The topological polar surface area (TPSA) is 52.9 Å². The van der Waals surface area contributed by atoms with Gasteiger partial charge in [-0.3, -0.25) is 4.79 Å². The van der Waals surface area contributed by atoms with Crippen LogP contribution in [-0.4, -0.2) is 33.4 Å². The molecule has 0 radical (unpaired) electrons. The van der Waals surface area contributed by atoms with Crippen molar-refractivity contribution in [1.82, 2.24) is 5.01 Å². The number of hydrazone groups is 1. The largest absolute Gasteiger partial charge is 0.364 e. The molecule has 1 aliphatic rings. The smallest absolute Gasteiger partial charge is 0.294 e. The molecule has 0 fully saturated rings. The van der Waals surface area contributed by atoms with E-state index in [2.05, 4.69) is 21.0 Å². The van der Waals surface area contributed by atoms with Crippen LogP contribution in [0.4, 0.5) is 8.78 Å². The fraction of sp³-hybridized carbons (Fsp3) is 0.222. The molecule has 0 bridgehead atoms. The van der Waals surface area contributed by atoms with Gasteiger partial charge in [-0.25, -0.2) is 8.78 Å². The molecule has 3 rings (SSSR count). The van der Waals surface area contributed by atoms with Gasteiger partial charge in [-0.2, -0.15) is 10.1 Å². The van der Waals surface area contributed by atoms with Crippen molar-refractivity contribution in [3.63, 3.8) is 0 Å². The highest BCUT2D eigenvalue weighted by Gasteiger charge is 2.59. The Labute approximate surface area is 162 Å². The summed E-state index contributed by atoms with van der Waals surface area (Å²) in [6.07, 6.45) is -0.500. The second-order valence-electron chi connectivity index (χ2n) is 6.06. The van der Waals surface area contributed by atoms with Crippen molar-refractivity contribution in [3.8, 4) is 0 Å². The van der Waals surface area contributed by atoms with Crippen LogP contribution in [0.2, 0.25) is 5.02 Å². The molecule has 0 saturated carbocycles. The van der Waals surface area contributed by atoms with Crippen LogP contribution in [0.3, 0.4) is 0 Å². The Morgan fingerprint density at radius 3 is 2.35 bits per heavy atom. The summed E-state index contributed by atoms with van der Waals surface area (Å²) in [5, 5.41) is 15.6. The zero-order chi connectivity index (χ0) is 19.1. The van der Waals surface area contributed by atoms with Crippen LogP contribution in [0.5, 0.6) is 0 Å². The third-order valence-electron chi connectivity index (χ3n) is 4.15. The summed E-state index contributed by atoms with van der Waals surface area (Å²) in [4.78, 5) is 12.7. The van der Waals surface area contributed by atoms with Gasteiger partial charge in [-0.1, -0.05) is 39.7 Å². The molecule has 0 aromatic heterocycles. The number of nitrogens with zero attached hydrogens (tertiary/aromatic N) is 2. The highest BCUT2D eigenvalue weighted by Crippen LogP contribution is 2.41. The minimum Gasteiger partial charge on any atom is -0.364 e. The van der Waals surface area contributed by atoms with E-state index in [1.807, 2.05) is 0 Å². The molecule has 2 aromatic carbocycles. The van der Waals surface area contributed by atoms with Crippen molar-refractivity contribution in [1.29, 1.82) is 0 Å². The maximum Gasteiger partial charge on any atom is 0.294 e. The van der Waals surface area contributed by atoms with E-state index < -0.39 is 24.0 Å². The van der Waals surface area contributed by atoms with Crippen molar-refractivity contribution < 1.29 is 18.7 Å². The lowest BCUT2D eigenvalue weighted by Gasteiger charge is -2.35. The van der Waals surface area contributed by atoms with Gasteiger partial charge in [0.25, 0.3) is 11.8 Å². The third-order valence-corrected chi connectivity index (χ3v) is 4.93. The van der Waals surface area contributed by atoms with E-state index in [-0.39, 0.29) is 11.3 Å². The number of amides is 1. The summed E-state index contributed by atoms with van der Waals surface area (Å²) < 4.78 is 29.2. The number of halogens is 4. The molecule has 136 valence electrons. The SMILES string of the molecule is CC(F)(F)[C@]1(O)CC(c2ccc(Cl)cc2)=NN1C(=O)c1ccc(Br)cc1. The Hall–Kier alpha value is -1.83. The first-order valence-electron chi connectivity index (χ1n) is 7.65. The normalized spacial score (nSPS) is 20.2. The number of hydrogen-bond acceptors (Lipinski definition) is 3. The van der Waals surface area contributed by atoms with Gasteiger partial charge >= 0.3 is 0 Å². The first kappa shape index (κ1) is 18.9. The first-order valence-corrected chi connectivity index (χ1v) is 8.83. The molecule has 0 saturated heterocycles. The van der Waals surface area contributed by atoms with Crippen molar-refractivity contribution in [3.05, 3.63) is 69.2 Å². The molecule has 2 aromatic rings. The highest BCUT2D eigenvalue weighted by atomic mass is 79.9. The van der Waals surface area contributed by atoms with Crippen LogP contribution in [0.1, 0.15) is 29.3 Å². The van der Waals surface area contributed by atoms with Crippen molar-refractivity contribution in [2.75, 3.05) is 0 Å². The fourth-order valence-electron chi connectivity index (χ4n) is 2.62. The van der Waals surface area contributed by atoms with Crippen LogP contribution in [0, 0.1) is 0 Å². The van der Waals surface area contributed by atoms with Crippen molar-refractivity contribution >= 4 is 39.1 Å². The van der Waals surface area contributed by atoms with E-state index in [1.165, 1.54) is 12.1 Å². The van der Waals surface area contributed by atoms with E-state index in [4.69, 9.17) is 11.6 Å². The number of carbonyl (C=O) groups excluding carboxylic acids is 1. The van der Waals surface area contributed by atoms with Crippen molar-refractivity contribution in [2.45, 2.75) is 25.0 Å². The Kier molecular flexibility index (Phi) is 4.90. The van der Waals surface area contributed by atoms with Crippen LogP contribution >= 0.6 is 27.5 Å². The Balaban J connectivity index is 2.03. The van der Waals surface area contributed by atoms with Gasteiger partial charge in [0.2, 0.25) is 5.72 Å². The van der Waals surface area contributed by atoms with E-state index in [1.54, 1.807) is 36.4 Å². The maximum atomic E-state index is 14.2. The molecule has 4 nitrogen and oxygen atoms in total. The summed E-state index contributed by atoms with van der Waals surface area (Å²) >= 11 is 9.09. The second kappa shape index (κ2) is 6.72. The third kappa shape index (κ3) is 3.39. The van der Waals surface area contributed by atoms with E-state index >= 15 is 0 Å². The minimum absolute atomic E-state index is 0.136. The monoisotopic (exact) mass is 442 g/mol. The number of benzene rings is 2. The second-order valence-corrected chi connectivity index (χ2v) is 7.41. The van der Waals surface area contributed by atoms with Crippen LogP contribution in [0.15, 0.2) is 58.1 Å². The Morgan fingerprint density at radius 2 is 1.81 bits per heavy atom. The number of rotatable bonds is 3. The molecular formula is C18H14BrClF2N2O2. The number of alkyl halides is 2. The molecule has 8 heteroatoms. The predicted molar refractivity (Wildman–Crippen MR) is 98.5 cm³/mol. The molecule has 1 N–H and O–H groups in total. The molecule has 0 unspecified atom stereocenters. The van der Waals surface area contributed by atoms with Gasteiger partial charge in [0.05, 0.1) is 5.71 Å².